The summed E-state index contributed by atoms with van der Waals surface area (Å²) in [6.45, 7) is 0. The molecule has 0 aliphatic carbocycles. The highest BCUT2D eigenvalue weighted by Gasteiger charge is 2.10. The lowest BCUT2D eigenvalue weighted by Crippen LogP contribution is -1.99. The summed E-state index contributed by atoms with van der Waals surface area (Å²) in [6.07, 6.45) is 0. The third kappa shape index (κ3) is 3.67. The van der Waals surface area contributed by atoms with Gasteiger partial charge in [0, 0.05) is 10.5 Å². The van der Waals surface area contributed by atoms with Crippen LogP contribution in [0.25, 0.3) is 11.4 Å². The summed E-state index contributed by atoms with van der Waals surface area (Å²) in [5.41, 5.74) is 1.30. The van der Waals surface area contributed by atoms with E-state index < -0.39 is 0 Å². The van der Waals surface area contributed by atoms with E-state index in [0.717, 1.165) is 10.5 Å². The Hall–Kier alpha value is -2.98. The van der Waals surface area contributed by atoms with E-state index in [1.54, 1.807) is 36.4 Å². The first-order valence-corrected chi connectivity index (χ1v) is 7.73. The van der Waals surface area contributed by atoms with Gasteiger partial charge in [0.1, 0.15) is 5.82 Å². The fraction of sp³-hybridized carbons (Fsp3) is 0.0588. The molecule has 5 nitrogen and oxygen atoms in total. The first-order valence-electron chi connectivity index (χ1n) is 6.92. The molecule has 0 amide bonds. The minimum Gasteiger partial charge on any atom is -0.467 e. The van der Waals surface area contributed by atoms with E-state index in [1.165, 1.54) is 31.0 Å². The zero-order valence-electron chi connectivity index (χ0n) is 12.6. The van der Waals surface area contributed by atoms with Gasteiger partial charge in [0.05, 0.1) is 18.7 Å². The molecule has 0 spiro atoms. The number of nitriles is 1. The zero-order valence-corrected chi connectivity index (χ0v) is 13.4. The molecule has 3 aromatic rings. The van der Waals surface area contributed by atoms with Crippen LogP contribution in [0.5, 0.6) is 6.01 Å². The minimum atomic E-state index is -0.300. The Morgan fingerprint density at radius 2 is 1.71 bits per heavy atom. The number of hydrogen-bond donors (Lipinski definition) is 0. The molecule has 7 heteroatoms. The van der Waals surface area contributed by atoms with Crippen molar-refractivity contribution in [2.75, 3.05) is 7.11 Å². The van der Waals surface area contributed by atoms with Gasteiger partial charge in [-0.25, -0.2) is 9.37 Å². The van der Waals surface area contributed by atoms with Crippen LogP contribution in [0.3, 0.4) is 0 Å². The van der Waals surface area contributed by atoms with Crippen LogP contribution in [0.1, 0.15) is 5.56 Å². The molecule has 1 aromatic heterocycles. The highest BCUT2D eigenvalue weighted by atomic mass is 32.2. The smallest absolute Gasteiger partial charge is 0.320 e. The third-order valence-corrected chi connectivity index (χ3v) is 3.94. The van der Waals surface area contributed by atoms with Crippen molar-refractivity contribution in [3.05, 3.63) is 59.9 Å². The van der Waals surface area contributed by atoms with Gasteiger partial charge in [0.2, 0.25) is 0 Å². The summed E-state index contributed by atoms with van der Waals surface area (Å²) in [5, 5.41) is 9.31. The number of methoxy groups -OCH3 is 1. The van der Waals surface area contributed by atoms with Crippen molar-refractivity contribution in [1.29, 1.82) is 5.26 Å². The summed E-state index contributed by atoms with van der Waals surface area (Å²) in [6, 6.07) is 15.2. The van der Waals surface area contributed by atoms with Crippen molar-refractivity contribution in [2.45, 2.75) is 10.1 Å². The molecule has 0 aliphatic heterocycles. The molecule has 0 fully saturated rings. The van der Waals surface area contributed by atoms with Crippen molar-refractivity contribution >= 4 is 11.8 Å². The van der Waals surface area contributed by atoms with Crippen LogP contribution in [0, 0.1) is 17.1 Å². The average molecular weight is 338 g/mol. The number of nitrogens with zero attached hydrogens (tertiary/aromatic N) is 4. The maximum absolute atomic E-state index is 13.0. The van der Waals surface area contributed by atoms with E-state index in [-0.39, 0.29) is 11.8 Å². The van der Waals surface area contributed by atoms with Crippen molar-refractivity contribution in [1.82, 2.24) is 15.0 Å². The molecule has 1 heterocycles. The van der Waals surface area contributed by atoms with Crippen LogP contribution in [0.2, 0.25) is 0 Å². The average Bonchev–Trinajstić information content (AvgIpc) is 2.63. The van der Waals surface area contributed by atoms with Crippen LogP contribution in [0.4, 0.5) is 4.39 Å². The van der Waals surface area contributed by atoms with Crippen molar-refractivity contribution in [2.24, 2.45) is 0 Å². The minimum absolute atomic E-state index is 0.189. The lowest BCUT2D eigenvalue weighted by molar-refractivity contribution is 0.373. The van der Waals surface area contributed by atoms with E-state index >= 15 is 0 Å². The van der Waals surface area contributed by atoms with Crippen LogP contribution in [-0.4, -0.2) is 22.1 Å². The molecule has 0 N–H and O–H groups in total. The maximum Gasteiger partial charge on any atom is 0.320 e. The van der Waals surface area contributed by atoms with Crippen molar-refractivity contribution < 1.29 is 9.13 Å². The second-order valence-corrected chi connectivity index (χ2v) is 5.71. The van der Waals surface area contributed by atoms with E-state index in [0.29, 0.717) is 16.5 Å². The van der Waals surface area contributed by atoms with Gasteiger partial charge in [0.15, 0.2) is 11.0 Å². The van der Waals surface area contributed by atoms with Crippen LogP contribution in [0.15, 0.2) is 58.6 Å². The normalized spacial score (nSPS) is 10.2. The molecular formula is C17H11FN4OS. The molecule has 0 unspecified atom stereocenters. The van der Waals surface area contributed by atoms with E-state index in [4.69, 9.17) is 10.00 Å². The van der Waals surface area contributed by atoms with Crippen molar-refractivity contribution in [3.8, 4) is 23.5 Å². The number of ether oxygens (including phenoxy) is 1. The molecule has 0 radical (unpaired) electrons. The number of halogens is 1. The Morgan fingerprint density at radius 1 is 1.00 bits per heavy atom. The van der Waals surface area contributed by atoms with Crippen LogP contribution in [-0.2, 0) is 0 Å². The van der Waals surface area contributed by atoms with Crippen LogP contribution >= 0.6 is 11.8 Å². The predicted octanol–water partition coefficient (Wildman–Crippen LogP) is 3.71. The highest BCUT2D eigenvalue weighted by molar-refractivity contribution is 7.99. The number of hydrogen-bond acceptors (Lipinski definition) is 6. The van der Waals surface area contributed by atoms with Gasteiger partial charge in [-0.15, -0.1) is 0 Å². The van der Waals surface area contributed by atoms with Crippen molar-refractivity contribution in [3.63, 3.8) is 0 Å². The first-order chi connectivity index (χ1) is 11.7. The summed E-state index contributed by atoms with van der Waals surface area (Å²) in [7, 11) is 1.48. The molecule has 0 aliphatic rings. The fourth-order valence-corrected chi connectivity index (χ4v) is 2.64. The Morgan fingerprint density at radius 3 is 2.33 bits per heavy atom. The van der Waals surface area contributed by atoms with Gasteiger partial charge in [-0.3, -0.25) is 0 Å². The van der Waals surface area contributed by atoms with Gasteiger partial charge in [-0.2, -0.15) is 15.2 Å². The molecule has 0 bridgehead atoms. The first kappa shape index (κ1) is 15.9. The highest BCUT2D eigenvalue weighted by Crippen LogP contribution is 2.27. The Balaban J connectivity index is 1.95. The SMILES string of the molecule is COc1nc(Sc2ccc(F)cc2)nc(-c2ccc(C#N)cc2)n1. The lowest BCUT2D eigenvalue weighted by Gasteiger charge is -2.06. The summed E-state index contributed by atoms with van der Waals surface area (Å²) >= 11 is 1.28. The standard InChI is InChI=1S/C17H11FN4OS/c1-23-16-20-15(12-4-2-11(10-19)3-5-12)21-17(22-16)24-14-8-6-13(18)7-9-14/h2-9H,1H3. The zero-order chi connectivity index (χ0) is 16.9. The Kier molecular flexibility index (Phi) is 4.68. The molecule has 0 saturated heterocycles. The number of benzene rings is 2. The summed E-state index contributed by atoms with van der Waals surface area (Å²) in [4.78, 5) is 13.6. The summed E-state index contributed by atoms with van der Waals surface area (Å²) < 4.78 is 18.1. The second kappa shape index (κ2) is 7.06. The predicted molar refractivity (Wildman–Crippen MR) is 87.1 cm³/mol. The summed E-state index contributed by atoms with van der Waals surface area (Å²) in [5.74, 6) is 0.141. The molecule has 2 aromatic carbocycles. The Labute approximate surface area is 142 Å². The molecule has 118 valence electrons. The Bertz CT molecular complexity index is 892. The van der Waals surface area contributed by atoms with Gasteiger partial charge < -0.3 is 4.74 Å². The molecule has 0 saturated carbocycles. The largest absolute Gasteiger partial charge is 0.467 e. The second-order valence-electron chi connectivity index (χ2n) is 4.67. The van der Waals surface area contributed by atoms with E-state index in [2.05, 4.69) is 21.0 Å². The van der Waals surface area contributed by atoms with Crippen LogP contribution < -0.4 is 4.74 Å². The van der Waals surface area contributed by atoms with Gasteiger partial charge >= 0.3 is 6.01 Å². The third-order valence-electron chi connectivity index (χ3n) is 3.07. The number of rotatable bonds is 4. The quantitative estimate of drug-likeness (QED) is 0.722. The topological polar surface area (TPSA) is 71.7 Å². The molecular weight excluding hydrogens is 327 g/mol. The van der Waals surface area contributed by atoms with Gasteiger partial charge in [-0.05, 0) is 60.3 Å². The molecule has 3 rings (SSSR count). The molecule has 0 atom stereocenters. The number of aromatic nitrogens is 3. The molecule has 24 heavy (non-hydrogen) atoms. The fourth-order valence-electron chi connectivity index (χ4n) is 1.91. The van der Waals surface area contributed by atoms with Gasteiger partial charge in [-0.1, -0.05) is 0 Å². The lowest BCUT2D eigenvalue weighted by atomic mass is 10.1. The van der Waals surface area contributed by atoms with Gasteiger partial charge in [0.25, 0.3) is 0 Å². The van der Waals surface area contributed by atoms with E-state index in [1.807, 2.05) is 0 Å². The van der Waals surface area contributed by atoms with E-state index in [9.17, 15) is 4.39 Å². The maximum atomic E-state index is 13.0. The monoisotopic (exact) mass is 338 g/mol.